The van der Waals surface area contributed by atoms with Gasteiger partial charge in [-0.1, -0.05) is 0 Å². The van der Waals surface area contributed by atoms with Crippen molar-refractivity contribution in [2.24, 2.45) is 0 Å². The Morgan fingerprint density at radius 3 is 2.47 bits per heavy atom. The van der Waals surface area contributed by atoms with Gasteiger partial charge < -0.3 is 9.64 Å². The SMILES string of the molecule is COc1c(F)ccc(N2CCCC2)c1F. The second-order valence-electron chi connectivity index (χ2n) is 3.61. The normalized spacial score (nSPS) is 15.8. The summed E-state index contributed by atoms with van der Waals surface area (Å²) in [5.74, 6) is -1.54. The first-order valence-electron chi connectivity index (χ1n) is 5.01. The van der Waals surface area contributed by atoms with Crippen LogP contribution in [-0.4, -0.2) is 20.2 Å². The molecule has 15 heavy (non-hydrogen) atoms. The van der Waals surface area contributed by atoms with Gasteiger partial charge in [0, 0.05) is 13.1 Å². The lowest BCUT2D eigenvalue weighted by Gasteiger charge is -2.19. The second kappa shape index (κ2) is 4.04. The number of ether oxygens (including phenoxy) is 1. The third-order valence-corrected chi connectivity index (χ3v) is 2.68. The third-order valence-electron chi connectivity index (χ3n) is 2.68. The molecular formula is C11H13F2NO. The molecule has 82 valence electrons. The Morgan fingerprint density at radius 1 is 1.20 bits per heavy atom. The van der Waals surface area contributed by atoms with Crippen molar-refractivity contribution in [3.63, 3.8) is 0 Å². The maximum Gasteiger partial charge on any atom is 0.192 e. The van der Waals surface area contributed by atoms with E-state index in [-0.39, 0.29) is 5.75 Å². The van der Waals surface area contributed by atoms with Crippen LogP contribution in [0.5, 0.6) is 5.75 Å². The molecular weight excluding hydrogens is 200 g/mol. The van der Waals surface area contributed by atoms with Gasteiger partial charge in [0.05, 0.1) is 12.8 Å². The standard InChI is InChI=1S/C11H13F2NO/c1-15-11-8(12)4-5-9(10(11)13)14-6-2-3-7-14/h4-5H,2-3,6-7H2,1H3. The van der Waals surface area contributed by atoms with Crippen LogP contribution in [0.4, 0.5) is 14.5 Å². The first-order chi connectivity index (χ1) is 7.24. The Hall–Kier alpha value is -1.32. The molecule has 1 heterocycles. The predicted octanol–water partition coefficient (Wildman–Crippen LogP) is 2.57. The summed E-state index contributed by atoms with van der Waals surface area (Å²) in [7, 11) is 1.27. The number of anilines is 1. The van der Waals surface area contributed by atoms with Crippen LogP contribution in [-0.2, 0) is 0 Å². The van der Waals surface area contributed by atoms with E-state index < -0.39 is 11.6 Å². The monoisotopic (exact) mass is 213 g/mol. The Morgan fingerprint density at radius 2 is 1.87 bits per heavy atom. The van der Waals surface area contributed by atoms with E-state index in [4.69, 9.17) is 4.74 Å². The largest absolute Gasteiger partial charge is 0.491 e. The van der Waals surface area contributed by atoms with Crippen molar-refractivity contribution >= 4 is 5.69 Å². The topological polar surface area (TPSA) is 12.5 Å². The van der Waals surface area contributed by atoms with E-state index in [1.165, 1.54) is 19.2 Å². The molecule has 0 unspecified atom stereocenters. The van der Waals surface area contributed by atoms with Gasteiger partial charge in [0.25, 0.3) is 0 Å². The van der Waals surface area contributed by atoms with Crippen LogP contribution in [0, 0.1) is 11.6 Å². The van der Waals surface area contributed by atoms with E-state index in [0.29, 0.717) is 5.69 Å². The molecule has 0 aromatic heterocycles. The summed E-state index contributed by atoms with van der Waals surface area (Å²) >= 11 is 0. The maximum atomic E-state index is 13.8. The van der Waals surface area contributed by atoms with Crippen LogP contribution >= 0.6 is 0 Å². The minimum atomic E-state index is -0.655. The van der Waals surface area contributed by atoms with Crippen molar-refractivity contribution in [3.8, 4) is 5.75 Å². The molecule has 0 saturated carbocycles. The van der Waals surface area contributed by atoms with Gasteiger partial charge in [-0.05, 0) is 25.0 Å². The van der Waals surface area contributed by atoms with Crippen LogP contribution in [0.25, 0.3) is 0 Å². The van der Waals surface area contributed by atoms with E-state index in [9.17, 15) is 8.78 Å². The minimum Gasteiger partial charge on any atom is -0.491 e. The van der Waals surface area contributed by atoms with Gasteiger partial charge in [-0.25, -0.2) is 8.78 Å². The van der Waals surface area contributed by atoms with E-state index in [1.807, 2.05) is 4.90 Å². The highest BCUT2D eigenvalue weighted by Crippen LogP contribution is 2.31. The van der Waals surface area contributed by atoms with Crippen molar-refractivity contribution in [1.29, 1.82) is 0 Å². The third kappa shape index (κ3) is 1.76. The Bertz CT molecular complexity index is 362. The molecule has 1 aliphatic heterocycles. The zero-order chi connectivity index (χ0) is 10.8. The average molecular weight is 213 g/mol. The number of rotatable bonds is 2. The molecule has 4 heteroatoms. The Labute approximate surface area is 87.5 Å². The lowest BCUT2D eigenvalue weighted by atomic mass is 10.2. The molecule has 0 spiro atoms. The Kier molecular flexibility index (Phi) is 2.75. The fourth-order valence-electron chi connectivity index (χ4n) is 1.91. The minimum absolute atomic E-state index is 0.292. The van der Waals surface area contributed by atoms with Crippen LogP contribution in [0.2, 0.25) is 0 Å². The van der Waals surface area contributed by atoms with Gasteiger partial charge in [0.1, 0.15) is 0 Å². The fraction of sp³-hybridized carbons (Fsp3) is 0.455. The highest BCUT2D eigenvalue weighted by molar-refractivity contribution is 5.53. The summed E-state index contributed by atoms with van der Waals surface area (Å²) in [4.78, 5) is 1.91. The second-order valence-corrected chi connectivity index (χ2v) is 3.61. The summed E-state index contributed by atoms with van der Waals surface area (Å²) in [6.07, 6.45) is 2.11. The molecule has 0 atom stereocenters. The van der Waals surface area contributed by atoms with Gasteiger partial charge >= 0.3 is 0 Å². The highest BCUT2D eigenvalue weighted by Gasteiger charge is 2.20. The molecule has 1 aliphatic rings. The number of methoxy groups -OCH3 is 1. The zero-order valence-electron chi connectivity index (χ0n) is 8.59. The fourth-order valence-corrected chi connectivity index (χ4v) is 1.91. The van der Waals surface area contributed by atoms with E-state index in [0.717, 1.165) is 25.9 Å². The molecule has 0 bridgehead atoms. The zero-order valence-corrected chi connectivity index (χ0v) is 8.59. The van der Waals surface area contributed by atoms with Crippen molar-refractivity contribution in [2.75, 3.05) is 25.1 Å². The van der Waals surface area contributed by atoms with E-state index in [1.54, 1.807) is 0 Å². The molecule has 1 fully saturated rings. The van der Waals surface area contributed by atoms with Crippen LogP contribution in [0.3, 0.4) is 0 Å². The van der Waals surface area contributed by atoms with Crippen LogP contribution in [0.1, 0.15) is 12.8 Å². The summed E-state index contributed by atoms with van der Waals surface area (Å²) in [5, 5.41) is 0. The Balaban J connectivity index is 2.39. The summed E-state index contributed by atoms with van der Waals surface area (Å²) in [6.45, 7) is 1.65. The number of halogens is 2. The van der Waals surface area contributed by atoms with Gasteiger partial charge in [0.2, 0.25) is 0 Å². The highest BCUT2D eigenvalue weighted by atomic mass is 19.1. The molecule has 1 aromatic carbocycles. The number of hydrogen-bond donors (Lipinski definition) is 0. The molecule has 0 radical (unpaired) electrons. The van der Waals surface area contributed by atoms with Crippen LogP contribution in [0.15, 0.2) is 12.1 Å². The average Bonchev–Trinajstić information content (AvgIpc) is 2.71. The summed E-state index contributed by atoms with van der Waals surface area (Å²) in [5.41, 5.74) is 0.436. The maximum absolute atomic E-state index is 13.8. The van der Waals surface area contributed by atoms with E-state index >= 15 is 0 Å². The summed E-state index contributed by atoms with van der Waals surface area (Å²) < 4.78 is 31.6. The van der Waals surface area contributed by atoms with Gasteiger partial charge in [-0.15, -0.1) is 0 Å². The predicted molar refractivity (Wildman–Crippen MR) is 54.4 cm³/mol. The van der Waals surface area contributed by atoms with Gasteiger partial charge in [-0.3, -0.25) is 0 Å². The van der Waals surface area contributed by atoms with Crippen molar-refractivity contribution < 1.29 is 13.5 Å². The van der Waals surface area contributed by atoms with Gasteiger partial charge in [0.15, 0.2) is 17.4 Å². The van der Waals surface area contributed by atoms with Crippen LogP contribution < -0.4 is 9.64 Å². The molecule has 1 saturated heterocycles. The number of hydrogen-bond acceptors (Lipinski definition) is 2. The van der Waals surface area contributed by atoms with E-state index in [2.05, 4.69) is 0 Å². The molecule has 0 aliphatic carbocycles. The van der Waals surface area contributed by atoms with Crippen molar-refractivity contribution in [1.82, 2.24) is 0 Å². The lowest BCUT2D eigenvalue weighted by Crippen LogP contribution is -2.19. The molecule has 2 rings (SSSR count). The molecule has 1 aromatic rings. The van der Waals surface area contributed by atoms with Gasteiger partial charge in [-0.2, -0.15) is 0 Å². The van der Waals surface area contributed by atoms with Crippen molar-refractivity contribution in [2.45, 2.75) is 12.8 Å². The number of benzene rings is 1. The number of nitrogens with zero attached hydrogens (tertiary/aromatic N) is 1. The summed E-state index contributed by atoms with van der Waals surface area (Å²) in [6, 6.07) is 2.72. The quantitative estimate of drug-likeness (QED) is 0.748. The molecule has 0 amide bonds. The van der Waals surface area contributed by atoms with Crippen molar-refractivity contribution in [3.05, 3.63) is 23.8 Å². The lowest BCUT2D eigenvalue weighted by molar-refractivity contribution is 0.360. The first kappa shape index (κ1) is 10.2. The first-order valence-corrected chi connectivity index (χ1v) is 5.01. The molecule has 0 N–H and O–H groups in total. The smallest absolute Gasteiger partial charge is 0.192 e. The molecule has 2 nitrogen and oxygen atoms in total.